The van der Waals surface area contributed by atoms with Crippen molar-refractivity contribution in [2.24, 2.45) is 10.1 Å². The summed E-state index contributed by atoms with van der Waals surface area (Å²) in [6, 6.07) is 6.30. The van der Waals surface area contributed by atoms with E-state index in [0.29, 0.717) is 35.8 Å². The molecule has 2 heterocycles. The lowest BCUT2D eigenvalue weighted by molar-refractivity contribution is 0.0991. The number of rotatable bonds is 7. The first-order valence-corrected chi connectivity index (χ1v) is 11.5. The van der Waals surface area contributed by atoms with Gasteiger partial charge in [0, 0.05) is 25.4 Å². The van der Waals surface area contributed by atoms with Gasteiger partial charge in [-0.25, -0.2) is 13.6 Å². The number of hydrogen-bond acceptors (Lipinski definition) is 6. The zero-order valence-electron chi connectivity index (χ0n) is 16.5. The Kier molecular flexibility index (Phi) is 6.32. The highest BCUT2D eigenvalue weighted by atomic mass is 32.2. The Bertz CT molecular complexity index is 1220. The molecular weight excluding hydrogens is 414 g/mol. The number of thiazole rings is 1. The molecule has 2 aromatic heterocycles. The molecule has 29 heavy (non-hydrogen) atoms. The Morgan fingerprint density at radius 2 is 2.07 bits per heavy atom. The monoisotopic (exact) mass is 437 g/mol. The molecule has 0 unspecified atom stereocenters. The van der Waals surface area contributed by atoms with E-state index in [4.69, 9.17) is 9.88 Å². The van der Waals surface area contributed by atoms with Gasteiger partial charge in [0.1, 0.15) is 0 Å². The maximum Gasteiger partial charge on any atom is 0.300 e. The second kappa shape index (κ2) is 8.57. The topological polar surface area (TPSA) is 122 Å². The summed E-state index contributed by atoms with van der Waals surface area (Å²) >= 11 is 1.22. The van der Waals surface area contributed by atoms with Crippen LogP contribution in [0.2, 0.25) is 0 Å². The van der Waals surface area contributed by atoms with Crippen LogP contribution >= 0.6 is 11.3 Å². The standard InChI is InChI=1S/C18H23N5O4S2/c1-4-23-12(3)10-14(21-23)17(24)20-18-22(8-9-27-5-2)15-7-6-13(29(19,25)26)11-16(15)28-18/h6-7,10-11H,4-5,8-9H2,1-3H3,(H2,19,25,26). The van der Waals surface area contributed by atoms with Crippen LogP contribution in [0.15, 0.2) is 34.2 Å². The molecule has 0 aliphatic carbocycles. The summed E-state index contributed by atoms with van der Waals surface area (Å²) < 4.78 is 33.0. The van der Waals surface area contributed by atoms with Crippen LogP contribution in [0, 0.1) is 6.92 Å². The van der Waals surface area contributed by atoms with Gasteiger partial charge in [0.25, 0.3) is 5.91 Å². The van der Waals surface area contributed by atoms with Gasteiger partial charge >= 0.3 is 0 Å². The molecular formula is C18H23N5O4S2. The predicted molar refractivity (Wildman–Crippen MR) is 110 cm³/mol. The molecule has 0 fully saturated rings. The molecule has 11 heteroatoms. The normalized spacial score (nSPS) is 12.8. The number of benzene rings is 1. The summed E-state index contributed by atoms with van der Waals surface area (Å²) in [5, 5.41) is 9.52. The maximum absolute atomic E-state index is 12.7. The minimum Gasteiger partial charge on any atom is -0.380 e. The van der Waals surface area contributed by atoms with Crippen molar-refractivity contribution >= 4 is 37.5 Å². The molecule has 0 aliphatic heterocycles. The number of nitrogens with two attached hydrogens (primary N) is 1. The van der Waals surface area contributed by atoms with Crippen LogP contribution in [-0.4, -0.2) is 41.9 Å². The highest BCUT2D eigenvalue weighted by molar-refractivity contribution is 7.89. The van der Waals surface area contributed by atoms with E-state index in [1.807, 2.05) is 25.3 Å². The number of nitrogens with zero attached hydrogens (tertiary/aromatic N) is 4. The number of aromatic nitrogens is 3. The van der Waals surface area contributed by atoms with Gasteiger partial charge in [0.2, 0.25) is 10.0 Å². The van der Waals surface area contributed by atoms with Gasteiger partial charge < -0.3 is 9.30 Å². The van der Waals surface area contributed by atoms with Crippen LogP contribution in [0.4, 0.5) is 0 Å². The Morgan fingerprint density at radius 3 is 2.69 bits per heavy atom. The molecule has 0 bridgehead atoms. The van der Waals surface area contributed by atoms with Crippen molar-refractivity contribution in [2.75, 3.05) is 13.2 Å². The van der Waals surface area contributed by atoms with Gasteiger partial charge in [-0.15, -0.1) is 0 Å². The molecule has 0 aliphatic rings. The SMILES string of the molecule is CCOCCn1c(=NC(=O)c2cc(C)n(CC)n2)sc2cc(S(N)(=O)=O)ccc21. The van der Waals surface area contributed by atoms with Crippen LogP contribution in [0.3, 0.4) is 0 Å². The van der Waals surface area contributed by atoms with Gasteiger partial charge in [-0.3, -0.25) is 9.48 Å². The summed E-state index contributed by atoms with van der Waals surface area (Å²) in [4.78, 5) is 17.4. The van der Waals surface area contributed by atoms with E-state index in [1.165, 1.54) is 23.5 Å². The number of primary sulfonamides is 1. The van der Waals surface area contributed by atoms with E-state index >= 15 is 0 Å². The zero-order valence-corrected chi connectivity index (χ0v) is 18.1. The Hall–Kier alpha value is -2.34. The zero-order chi connectivity index (χ0) is 21.2. The summed E-state index contributed by atoms with van der Waals surface area (Å²) in [7, 11) is -3.83. The molecule has 0 saturated carbocycles. The molecule has 0 radical (unpaired) electrons. The second-order valence-corrected chi connectivity index (χ2v) is 8.88. The molecule has 0 saturated heterocycles. The van der Waals surface area contributed by atoms with E-state index < -0.39 is 15.9 Å². The summed E-state index contributed by atoms with van der Waals surface area (Å²) in [6.07, 6.45) is 0. The van der Waals surface area contributed by atoms with E-state index in [2.05, 4.69) is 10.1 Å². The van der Waals surface area contributed by atoms with Crippen molar-refractivity contribution < 1.29 is 17.9 Å². The smallest absolute Gasteiger partial charge is 0.300 e. The van der Waals surface area contributed by atoms with Gasteiger partial charge in [-0.1, -0.05) is 11.3 Å². The molecule has 3 rings (SSSR count). The van der Waals surface area contributed by atoms with Crippen molar-refractivity contribution in [2.45, 2.75) is 38.8 Å². The maximum atomic E-state index is 12.7. The van der Waals surface area contributed by atoms with Crippen LogP contribution in [0.5, 0.6) is 0 Å². The highest BCUT2D eigenvalue weighted by Gasteiger charge is 2.15. The Labute approximate surface area is 172 Å². The number of fused-ring (bicyclic) bond motifs is 1. The molecule has 0 spiro atoms. The lowest BCUT2D eigenvalue weighted by Crippen LogP contribution is -2.20. The minimum absolute atomic E-state index is 0.0124. The van der Waals surface area contributed by atoms with E-state index in [1.54, 1.807) is 16.8 Å². The third-order valence-electron chi connectivity index (χ3n) is 4.34. The average Bonchev–Trinajstić information content (AvgIpc) is 3.21. The molecule has 156 valence electrons. The van der Waals surface area contributed by atoms with E-state index in [0.717, 1.165) is 11.2 Å². The predicted octanol–water partition coefficient (Wildman–Crippen LogP) is 1.65. The second-order valence-electron chi connectivity index (χ2n) is 6.31. The summed E-state index contributed by atoms with van der Waals surface area (Å²) in [5.41, 5.74) is 1.90. The number of hydrogen-bond donors (Lipinski definition) is 1. The number of carbonyl (C=O) groups is 1. The number of sulfonamides is 1. The van der Waals surface area contributed by atoms with Crippen molar-refractivity contribution in [1.82, 2.24) is 14.3 Å². The van der Waals surface area contributed by atoms with Gasteiger partial charge in [0.05, 0.1) is 21.7 Å². The first-order chi connectivity index (χ1) is 13.7. The number of carbonyl (C=O) groups excluding carboxylic acids is 1. The van der Waals surface area contributed by atoms with Gasteiger partial charge in [-0.05, 0) is 45.0 Å². The molecule has 2 N–H and O–H groups in total. The van der Waals surface area contributed by atoms with Crippen molar-refractivity contribution in [3.8, 4) is 0 Å². The fourth-order valence-electron chi connectivity index (χ4n) is 2.91. The number of aryl methyl sites for hydroxylation is 2. The molecule has 9 nitrogen and oxygen atoms in total. The average molecular weight is 438 g/mol. The van der Waals surface area contributed by atoms with Crippen LogP contribution in [0.25, 0.3) is 10.2 Å². The lowest BCUT2D eigenvalue weighted by Gasteiger charge is -2.05. The van der Waals surface area contributed by atoms with Crippen LogP contribution in [0.1, 0.15) is 30.0 Å². The largest absolute Gasteiger partial charge is 0.380 e. The quantitative estimate of drug-likeness (QED) is 0.563. The number of ether oxygens (including phenoxy) is 1. The third-order valence-corrected chi connectivity index (χ3v) is 6.30. The van der Waals surface area contributed by atoms with Gasteiger partial charge in [-0.2, -0.15) is 10.1 Å². The fourth-order valence-corrected chi connectivity index (χ4v) is 4.62. The third kappa shape index (κ3) is 4.64. The van der Waals surface area contributed by atoms with E-state index in [-0.39, 0.29) is 10.6 Å². The molecule has 0 atom stereocenters. The summed E-state index contributed by atoms with van der Waals surface area (Å²) in [6.45, 7) is 7.85. The van der Waals surface area contributed by atoms with Crippen molar-refractivity contribution in [3.63, 3.8) is 0 Å². The lowest BCUT2D eigenvalue weighted by atomic mass is 10.3. The van der Waals surface area contributed by atoms with Crippen LogP contribution in [-0.2, 0) is 27.8 Å². The van der Waals surface area contributed by atoms with E-state index in [9.17, 15) is 13.2 Å². The minimum atomic E-state index is -3.83. The van der Waals surface area contributed by atoms with Crippen molar-refractivity contribution in [3.05, 3.63) is 40.5 Å². The first-order valence-electron chi connectivity index (χ1n) is 9.12. The first kappa shape index (κ1) is 21.4. The Morgan fingerprint density at radius 1 is 1.31 bits per heavy atom. The number of amides is 1. The fraction of sp³-hybridized carbons (Fsp3) is 0.389. The highest BCUT2D eigenvalue weighted by Crippen LogP contribution is 2.21. The molecule has 3 aromatic rings. The van der Waals surface area contributed by atoms with Crippen LogP contribution < -0.4 is 9.94 Å². The molecule has 1 amide bonds. The van der Waals surface area contributed by atoms with Gasteiger partial charge in [0.15, 0.2) is 10.5 Å². The summed E-state index contributed by atoms with van der Waals surface area (Å²) in [5.74, 6) is -0.455. The van der Waals surface area contributed by atoms with Crippen molar-refractivity contribution in [1.29, 1.82) is 0 Å². The Balaban J connectivity index is 2.11. The molecule has 1 aromatic carbocycles.